The number of nitrogens with zero attached hydrogens (tertiary/aromatic N) is 1. The summed E-state index contributed by atoms with van der Waals surface area (Å²) in [5.41, 5.74) is 1.92. The third-order valence-electron chi connectivity index (χ3n) is 3.99. The van der Waals surface area contributed by atoms with E-state index >= 15 is 0 Å². The van der Waals surface area contributed by atoms with Crippen molar-refractivity contribution in [3.05, 3.63) is 64.4 Å². The van der Waals surface area contributed by atoms with Crippen LogP contribution in [0.3, 0.4) is 0 Å². The number of nitrogens with one attached hydrogen (secondary N) is 1. The van der Waals surface area contributed by atoms with E-state index in [4.69, 9.17) is 0 Å². The van der Waals surface area contributed by atoms with Gasteiger partial charge in [-0.2, -0.15) is 0 Å². The molecule has 3 rings (SSSR count). The van der Waals surface area contributed by atoms with Crippen LogP contribution in [0.5, 0.6) is 0 Å². The molecule has 1 heterocycles. The van der Waals surface area contributed by atoms with Crippen molar-refractivity contribution in [2.24, 2.45) is 0 Å². The van der Waals surface area contributed by atoms with Crippen LogP contribution in [0.1, 0.15) is 18.5 Å². The fraction of sp³-hybridized carbons (Fsp3) is 0.294. The SMILES string of the molecule is CC1CNC(c2ccccc2)CN1c1ccc(Br)cc1F. The lowest BCUT2D eigenvalue weighted by Gasteiger charge is -2.40. The molecule has 2 nitrogen and oxygen atoms in total. The number of halogens is 2. The highest BCUT2D eigenvalue weighted by Crippen LogP contribution is 2.29. The van der Waals surface area contributed by atoms with Gasteiger partial charge in [-0.15, -0.1) is 0 Å². The molecule has 1 N–H and O–H groups in total. The van der Waals surface area contributed by atoms with E-state index in [0.717, 1.165) is 17.6 Å². The van der Waals surface area contributed by atoms with Crippen molar-refractivity contribution in [2.75, 3.05) is 18.0 Å². The van der Waals surface area contributed by atoms with Gasteiger partial charge in [0.05, 0.1) is 5.69 Å². The highest BCUT2D eigenvalue weighted by molar-refractivity contribution is 9.10. The fourth-order valence-corrected chi connectivity index (χ4v) is 3.16. The largest absolute Gasteiger partial charge is 0.363 e. The van der Waals surface area contributed by atoms with E-state index in [1.807, 2.05) is 30.3 Å². The van der Waals surface area contributed by atoms with Gasteiger partial charge in [-0.05, 0) is 30.7 Å². The Kier molecular flexibility index (Phi) is 4.27. The quantitative estimate of drug-likeness (QED) is 0.877. The lowest BCUT2D eigenvalue weighted by Crippen LogP contribution is -2.51. The van der Waals surface area contributed by atoms with Crippen LogP contribution in [0.2, 0.25) is 0 Å². The van der Waals surface area contributed by atoms with Crippen LogP contribution in [0, 0.1) is 5.82 Å². The second kappa shape index (κ2) is 6.16. The molecule has 0 bridgehead atoms. The molecule has 0 spiro atoms. The molecule has 4 heteroatoms. The van der Waals surface area contributed by atoms with Crippen molar-refractivity contribution < 1.29 is 4.39 Å². The third-order valence-corrected chi connectivity index (χ3v) is 4.49. The Hall–Kier alpha value is -1.39. The van der Waals surface area contributed by atoms with Gasteiger partial charge in [0.1, 0.15) is 5.82 Å². The molecule has 2 unspecified atom stereocenters. The van der Waals surface area contributed by atoms with Crippen molar-refractivity contribution >= 4 is 21.6 Å². The average Bonchev–Trinajstić information content (AvgIpc) is 2.49. The lowest BCUT2D eigenvalue weighted by atomic mass is 10.0. The summed E-state index contributed by atoms with van der Waals surface area (Å²) in [5, 5.41) is 3.54. The lowest BCUT2D eigenvalue weighted by molar-refractivity contribution is 0.410. The van der Waals surface area contributed by atoms with E-state index in [1.165, 1.54) is 11.6 Å². The van der Waals surface area contributed by atoms with Crippen LogP contribution >= 0.6 is 15.9 Å². The van der Waals surface area contributed by atoms with Crippen LogP contribution in [-0.4, -0.2) is 19.1 Å². The maximum atomic E-state index is 14.2. The molecule has 0 saturated carbocycles. The molecule has 1 saturated heterocycles. The molecule has 1 aliphatic heterocycles. The zero-order valence-corrected chi connectivity index (χ0v) is 13.5. The van der Waals surface area contributed by atoms with Gasteiger partial charge in [0, 0.05) is 29.6 Å². The minimum absolute atomic E-state index is 0.176. The zero-order valence-electron chi connectivity index (χ0n) is 11.9. The smallest absolute Gasteiger partial charge is 0.147 e. The minimum atomic E-state index is -0.176. The topological polar surface area (TPSA) is 15.3 Å². The Labute approximate surface area is 133 Å². The first-order chi connectivity index (χ1) is 10.1. The first-order valence-corrected chi connectivity index (χ1v) is 7.94. The first kappa shape index (κ1) is 14.5. The Morgan fingerprint density at radius 1 is 1.19 bits per heavy atom. The molecular formula is C17H18BrFN2. The maximum absolute atomic E-state index is 14.2. The van der Waals surface area contributed by atoms with E-state index < -0.39 is 0 Å². The summed E-state index contributed by atoms with van der Waals surface area (Å²) in [6, 6.07) is 16.1. The molecule has 21 heavy (non-hydrogen) atoms. The second-order valence-electron chi connectivity index (χ2n) is 5.47. The molecule has 0 amide bonds. The van der Waals surface area contributed by atoms with Gasteiger partial charge in [-0.1, -0.05) is 46.3 Å². The average molecular weight is 349 g/mol. The van der Waals surface area contributed by atoms with Gasteiger partial charge in [0.15, 0.2) is 0 Å². The molecule has 1 aliphatic rings. The van der Waals surface area contributed by atoms with Crippen molar-refractivity contribution in [1.82, 2.24) is 5.32 Å². The van der Waals surface area contributed by atoms with Crippen molar-refractivity contribution in [3.63, 3.8) is 0 Å². The van der Waals surface area contributed by atoms with E-state index in [0.29, 0.717) is 5.69 Å². The van der Waals surface area contributed by atoms with Gasteiger partial charge in [-0.3, -0.25) is 0 Å². The highest BCUT2D eigenvalue weighted by Gasteiger charge is 2.27. The third kappa shape index (κ3) is 3.11. The molecule has 0 radical (unpaired) electrons. The Morgan fingerprint density at radius 3 is 2.67 bits per heavy atom. The minimum Gasteiger partial charge on any atom is -0.363 e. The number of rotatable bonds is 2. The maximum Gasteiger partial charge on any atom is 0.147 e. The molecule has 2 aromatic carbocycles. The zero-order chi connectivity index (χ0) is 14.8. The Bertz CT molecular complexity index is 617. The summed E-state index contributed by atoms with van der Waals surface area (Å²) < 4.78 is 15.0. The van der Waals surface area contributed by atoms with Crippen LogP contribution in [0.15, 0.2) is 53.0 Å². The normalized spacial score (nSPS) is 22.3. The molecular weight excluding hydrogens is 331 g/mol. The molecule has 0 aliphatic carbocycles. The van der Waals surface area contributed by atoms with E-state index in [9.17, 15) is 4.39 Å². The van der Waals surface area contributed by atoms with Gasteiger partial charge < -0.3 is 10.2 Å². The van der Waals surface area contributed by atoms with Gasteiger partial charge in [0.25, 0.3) is 0 Å². The molecule has 1 fully saturated rings. The van der Waals surface area contributed by atoms with Gasteiger partial charge >= 0.3 is 0 Å². The molecule has 110 valence electrons. The van der Waals surface area contributed by atoms with Crippen LogP contribution in [-0.2, 0) is 0 Å². The fourth-order valence-electron chi connectivity index (χ4n) is 2.82. The van der Waals surface area contributed by atoms with E-state index in [1.54, 1.807) is 0 Å². The molecule has 2 atom stereocenters. The first-order valence-electron chi connectivity index (χ1n) is 7.15. The summed E-state index contributed by atoms with van der Waals surface area (Å²) in [7, 11) is 0. The summed E-state index contributed by atoms with van der Waals surface area (Å²) in [5.74, 6) is -0.176. The van der Waals surface area contributed by atoms with E-state index in [2.05, 4.69) is 45.2 Å². The van der Waals surface area contributed by atoms with Gasteiger partial charge in [-0.25, -0.2) is 4.39 Å². The number of hydrogen-bond acceptors (Lipinski definition) is 2. The monoisotopic (exact) mass is 348 g/mol. The number of hydrogen-bond donors (Lipinski definition) is 1. The predicted octanol–water partition coefficient (Wildman–Crippen LogP) is 4.13. The molecule has 0 aromatic heterocycles. The second-order valence-corrected chi connectivity index (χ2v) is 6.38. The van der Waals surface area contributed by atoms with Crippen LogP contribution < -0.4 is 10.2 Å². The number of anilines is 1. The highest BCUT2D eigenvalue weighted by atomic mass is 79.9. The Balaban J connectivity index is 1.87. The summed E-state index contributed by atoms with van der Waals surface area (Å²) in [4.78, 5) is 2.15. The van der Waals surface area contributed by atoms with Crippen LogP contribution in [0.25, 0.3) is 0 Å². The van der Waals surface area contributed by atoms with E-state index in [-0.39, 0.29) is 17.9 Å². The summed E-state index contributed by atoms with van der Waals surface area (Å²) in [6.45, 7) is 3.73. The van der Waals surface area contributed by atoms with Crippen molar-refractivity contribution in [3.8, 4) is 0 Å². The van der Waals surface area contributed by atoms with Crippen LogP contribution in [0.4, 0.5) is 10.1 Å². The number of piperazine rings is 1. The summed E-state index contributed by atoms with van der Waals surface area (Å²) in [6.07, 6.45) is 0. The molecule has 2 aromatic rings. The summed E-state index contributed by atoms with van der Waals surface area (Å²) >= 11 is 3.31. The van der Waals surface area contributed by atoms with Gasteiger partial charge in [0.2, 0.25) is 0 Å². The standard InChI is InChI=1S/C17H18BrFN2/c1-12-10-20-16(13-5-3-2-4-6-13)11-21(12)17-8-7-14(18)9-15(17)19/h2-9,12,16,20H,10-11H2,1H3. The predicted molar refractivity (Wildman–Crippen MR) is 88.1 cm³/mol. The number of benzene rings is 2. The van der Waals surface area contributed by atoms with Crippen molar-refractivity contribution in [2.45, 2.75) is 19.0 Å². The Morgan fingerprint density at radius 2 is 1.95 bits per heavy atom. The van der Waals surface area contributed by atoms with Crippen molar-refractivity contribution in [1.29, 1.82) is 0 Å².